The first-order chi connectivity index (χ1) is 17.5. The van der Waals surface area contributed by atoms with Gasteiger partial charge in [0.2, 0.25) is 11.8 Å². The molecular weight excluding hydrogens is 450 g/mol. The van der Waals surface area contributed by atoms with Crippen molar-refractivity contribution >= 4 is 22.9 Å². The van der Waals surface area contributed by atoms with Crippen molar-refractivity contribution in [2.24, 2.45) is 11.8 Å². The Kier molecular flexibility index (Phi) is 6.85. The molecule has 0 bridgehead atoms. The van der Waals surface area contributed by atoms with Crippen molar-refractivity contribution in [3.63, 3.8) is 0 Å². The summed E-state index contributed by atoms with van der Waals surface area (Å²) < 4.78 is 5.91. The van der Waals surface area contributed by atoms with Crippen LogP contribution in [0, 0.1) is 18.8 Å². The minimum absolute atomic E-state index is 0.00332. The highest BCUT2D eigenvalue weighted by Gasteiger charge is 2.30. The van der Waals surface area contributed by atoms with Gasteiger partial charge in [-0.25, -0.2) is 4.98 Å². The maximum atomic E-state index is 13.2. The largest absolute Gasteiger partial charge is 0.436 e. The minimum Gasteiger partial charge on any atom is -0.436 e. The van der Waals surface area contributed by atoms with Crippen LogP contribution in [0.25, 0.3) is 22.6 Å². The summed E-state index contributed by atoms with van der Waals surface area (Å²) in [6.45, 7) is 5.86. The number of nitrogens with one attached hydrogen (secondary N) is 1. The van der Waals surface area contributed by atoms with E-state index in [0.29, 0.717) is 42.2 Å². The molecule has 1 unspecified atom stereocenters. The lowest BCUT2D eigenvalue weighted by Gasteiger charge is -2.34. The highest BCUT2D eigenvalue weighted by atomic mass is 16.3. The SMILES string of the molecule is Cc1ccc(-c2nc3cc(C(=O)N4CCC(C(C)C(=O)NCc5ccccc5)CC4)ccc3o2)cc1. The number of carbonyl (C=O) groups excluding carboxylic acids is 2. The van der Waals surface area contributed by atoms with Crippen LogP contribution < -0.4 is 5.32 Å². The molecule has 1 aliphatic heterocycles. The minimum atomic E-state index is -0.0855. The molecule has 0 saturated carbocycles. The van der Waals surface area contributed by atoms with Crippen LogP contribution in [0.4, 0.5) is 0 Å². The van der Waals surface area contributed by atoms with Crippen molar-refractivity contribution < 1.29 is 14.0 Å². The molecule has 4 aromatic rings. The van der Waals surface area contributed by atoms with Gasteiger partial charge in [0.25, 0.3) is 5.91 Å². The molecule has 6 heteroatoms. The fourth-order valence-corrected chi connectivity index (χ4v) is 4.83. The van der Waals surface area contributed by atoms with E-state index >= 15 is 0 Å². The van der Waals surface area contributed by atoms with Gasteiger partial charge < -0.3 is 14.6 Å². The predicted molar refractivity (Wildman–Crippen MR) is 140 cm³/mol. The highest BCUT2D eigenvalue weighted by Crippen LogP contribution is 2.28. The van der Waals surface area contributed by atoms with Gasteiger partial charge in [0.05, 0.1) is 0 Å². The second-order valence-corrected chi connectivity index (χ2v) is 9.69. The Morgan fingerprint density at radius 2 is 1.75 bits per heavy atom. The Hall–Kier alpha value is -3.93. The van der Waals surface area contributed by atoms with Crippen molar-refractivity contribution in [3.05, 3.63) is 89.5 Å². The van der Waals surface area contributed by atoms with Crippen molar-refractivity contribution in [3.8, 4) is 11.5 Å². The van der Waals surface area contributed by atoms with Gasteiger partial charge >= 0.3 is 0 Å². The highest BCUT2D eigenvalue weighted by molar-refractivity contribution is 5.97. The molecule has 6 nitrogen and oxygen atoms in total. The Morgan fingerprint density at radius 3 is 2.47 bits per heavy atom. The van der Waals surface area contributed by atoms with Gasteiger partial charge in [-0.2, -0.15) is 0 Å². The van der Waals surface area contributed by atoms with E-state index in [9.17, 15) is 9.59 Å². The molecule has 0 radical (unpaired) electrons. The number of likely N-dealkylation sites (tertiary alicyclic amines) is 1. The third-order valence-corrected chi connectivity index (χ3v) is 7.19. The maximum absolute atomic E-state index is 13.2. The zero-order valence-corrected chi connectivity index (χ0v) is 20.7. The van der Waals surface area contributed by atoms with E-state index in [1.807, 2.05) is 85.5 Å². The van der Waals surface area contributed by atoms with Gasteiger partial charge in [-0.3, -0.25) is 9.59 Å². The van der Waals surface area contributed by atoms with Gasteiger partial charge in [0, 0.05) is 36.7 Å². The number of hydrogen-bond acceptors (Lipinski definition) is 4. The molecule has 5 rings (SSSR count). The van der Waals surface area contributed by atoms with Gasteiger partial charge in [-0.15, -0.1) is 0 Å². The van der Waals surface area contributed by atoms with E-state index in [2.05, 4.69) is 10.3 Å². The molecule has 1 saturated heterocycles. The van der Waals surface area contributed by atoms with Crippen LogP contribution in [0.5, 0.6) is 0 Å². The summed E-state index contributed by atoms with van der Waals surface area (Å²) >= 11 is 0. The van der Waals surface area contributed by atoms with Gasteiger partial charge in [-0.05, 0) is 61.6 Å². The molecule has 2 heterocycles. The number of nitrogens with zero attached hydrogens (tertiary/aromatic N) is 2. The third-order valence-electron chi connectivity index (χ3n) is 7.19. The first-order valence-corrected chi connectivity index (χ1v) is 12.6. The summed E-state index contributed by atoms with van der Waals surface area (Å²) in [5, 5.41) is 3.05. The molecule has 1 N–H and O–H groups in total. The lowest BCUT2D eigenvalue weighted by molar-refractivity contribution is -0.126. The fourth-order valence-electron chi connectivity index (χ4n) is 4.83. The standard InChI is InChI=1S/C30H31N3O3/c1-20-8-10-24(11-9-20)29-32-26-18-25(12-13-27(26)36-29)30(35)33-16-14-23(15-17-33)21(2)28(34)31-19-22-6-4-3-5-7-22/h3-13,18,21,23H,14-17,19H2,1-2H3,(H,31,34). The van der Waals surface area contributed by atoms with E-state index in [4.69, 9.17) is 4.42 Å². The molecule has 184 valence electrons. The van der Waals surface area contributed by atoms with Crippen LogP contribution in [0.3, 0.4) is 0 Å². The van der Waals surface area contributed by atoms with Crippen LogP contribution in [0.2, 0.25) is 0 Å². The number of piperidine rings is 1. The zero-order chi connectivity index (χ0) is 25.1. The Morgan fingerprint density at radius 1 is 1.03 bits per heavy atom. The van der Waals surface area contributed by atoms with E-state index < -0.39 is 0 Å². The molecule has 1 aliphatic rings. The van der Waals surface area contributed by atoms with Crippen LogP contribution in [0.15, 0.2) is 77.2 Å². The summed E-state index contributed by atoms with van der Waals surface area (Å²) in [6, 6.07) is 23.4. The molecule has 1 atom stereocenters. The van der Waals surface area contributed by atoms with Gasteiger partial charge in [0.15, 0.2) is 5.58 Å². The molecular formula is C30H31N3O3. The third kappa shape index (κ3) is 5.18. The van der Waals surface area contributed by atoms with Gasteiger partial charge in [0.1, 0.15) is 5.52 Å². The summed E-state index contributed by atoms with van der Waals surface area (Å²) in [5.41, 5.74) is 5.13. The number of fused-ring (bicyclic) bond motifs is 1. The molecule has 2 amide bonds. The first-order valence-electron chi connectivity index (χ1n) is 12.6. The normalized spacial score (nSPS) is 15.1. The van der Waals surface area contributed by atoms with Crippen molar-refractivity contribution in [1.82, 2.24) is 15.2 Å². The Labute approximate surface area is 211 Å². The van der Waals surface area contributed by atoms with Crippen molar-refractivity contribution in [1.29, 1.82) is 0 Å². The molecule has 0 aliphatic carbocycles. The second kappa shape index (κ2) is 10.4. The maximum Gasteiger partial charge on any atom is 0.253 e. The van der Waals surface area contributed by atoms with E-state index in [-0.39, 0.29) is 23.7 Å². The predicted octanol–water partition coefficient (Wildman–Crippen LogP) is 5.61. The molecule has 0 spiro atoms. The number of rotatable bonds is 6. The number of amides is 2. The lowest BCUT2D eigenvalue weighted by atomic mass is 9.84. The average Bonchev–Trinajstić information content (AvgIpc) is 3.35. The van der Waals surface area contributed by atoms with Crippen LogP contribution in [0.1, 0.15) is 41.3 Å². The molecule has 1 fully saturated rings. The van der Waals surface area contributed by atoms with Crippen LogP contribution in [-0.2, 0) is 11.3 Å². The van der Waals surface area contributed by atoms with Crippen molar-refractivity contribution in [2.45, 2.75) is 33.2 Å². The van der Waals surface area contributed by atoms with Crippen LogP contribution >= 0.6 is 0 Å². The number of aryl methyl sites for hydroxylation is 1. The Balaban J connectivity index is 1.18. The lowest BCUT2D eigenvalue weighted by Crippen LogP contribution is -2.42. The summed E-state index contributed by atoms with van der Waals surface area (Å²) in [5.74, 6) is 0.799. The molecule has 1 aromatic heterocycles. The number of aromatic nitrogens is 1. The summed E-state index contributed by atoms with van der Waals surface area (Å²) in [6.07, 6.45) is 1.63. The first kappa shape index (κ1) is 23.8. The van der Waals surface area contributed by atoms with E-state index in [1.54, 1.807) is 6.07 Å². The average molecular weight is 482 g/mol. The smallest absolute Gasteiger partial charge is 0.253 e. The van der Waals surface area contributed by atoms with Crippen molar-refractivity contribution in [2.75, 3.05) is 13.1 Å². The number of oxazole rings is 1. The second-order valence-electron chi connectivity index (χ2n) is 9.69. The van der Waals surface area contributed by atoms with Gasteiger partial charge in [-0.1, -0.05) is 55.0 Å². The molecule has 3 aromatic carbocycles. The molecule has 36 heavy (non-hydrogen) atoms. The topological polar surface area (TPSA) is 75.4 Å². The quantitative estimate of drug-likeness (QED) is 0.389. The van der Waals surface area contributed by atoms with E-state index in [1.165, 1.54) is 5.56 Å². The zero-order valence-electron chi connectivity index (χ0n) is 20.7. The Bertz CT molecular complexity index is 1350. The number of benzene rings is 3. The van der Waals surface area contributed by atoms with E-state index in [0.717, 1.165) is 24.0 Å². The van der Waals surface area contributed by atoms with Crippen LogP contribution in [-0.4, -0.2) is 34.8 Å². The summed E-state index contributed by atoms with van der Waals surface area (Å²) in [4.78, 5) is 32.4. The fraction of sp³-hybridized carbons (Fsp3) is 0.300. The summed E-state index contributed by atoms with van der Waals surface area (Å²) in [7, 11) is 0. The number of hydrogen-bond donors (Lipinski definition) is 1. The number of carbonyl (C=O) groups is 2. The monoisotopic (exact) mass is 481 g/mol.